The SMILES string of the molecule is COc1c(C)cc(Br)cc1C(=O)Nc1cc(Cl)cc(Cl)c1. The third kappa shape index (κ3) is 3.90. The molecule has 0 aliphatic rings. The van der Waals surface area contributed by atoms with E-state index in [1.165, 1.54) is 7.11 Å². The minimum absolute atomic E-state index is 0.297. The molecular formula is C15H12BrCl2NO2. The summed E-state index contributed by atoms with van der Waals surface area (Å²) >= 11 is 15.2. The minimum Gasteiger partial charge on any atom is -0.496 e. The van der Waals surface area contributed by atoms with Crippen LogP contribution in [0, 0.1) is 6.92 Å². The number of anilines is 1. The Labute approximate surface area is 141 Å². The van der Waals surface area contributed by atoms with E-state index in [2.05, 4.69) is 21.2 Å². The molecule has 21 heavy (non-hydrogen) atoms. The van der Waals surface area contributed by atoms with Gasteiger partial charge in [-0.05, 0) is 42.8 Å². The first-order valence-electron chi connectivity index (χ1n) is 6.02. The first-order chi connectivity index (χ1) is 9.90. The number of halogens is 3. The van der Waals surface area contributed by atoms with E-state index in [0.717, 1.165) is 10.0 Å². The summed E-state index contributed by atoms with van der Waals surface area (Å²) in [5, 5.41) is 3.67. The lowest BCUT2D eigenvalue weighted by molar-refractivity contribution is 0.102. The second-order valence-electron chi connectivity index (χ2n) is 4.42. The maximum atomic E-state index is 12.4. The molecule has 0 saturated carbocycles. The summed E-state index contributed by atoms with van der Waals surface area (Å²) in [7, 11) is 1.53. The second kappa shape index (κ2) is 6.69. The van der Waals surface area contributed by atoms with Gasteiger partial charge in [-0.3, -0.25) is 4.79 Å². The van der Waals surface area contributed by atoms with E-state index in [0.29, 0.717) is 27.0 Å². The summed E-state index contributed by atoms with van der Waals surface area (Å²) in [4.78, 5) is 12.4. The van der Waals surface area contributed by atoms with E-state index >= 15 is 0 Å². The first kappa shape index (κ1) is 16.1. The molecule has 0 unspecified atom stereocenters. The minimum atomic E-state index is -0.297. The van der Waals surface area contributed by atoms with Crippen LogP contribution in [-0.2, 0) is 0 Å². The van der Waals surface area contributed by atoms with Gasteiger partial charge in [0, 0.05) is 20.2 Å². The van der Waals surface area contributed by atoms with E-state index in [4.69, 9.17) is 27.9 Å². The molecule has 0 fully saturated rings. The molecule has 6 heteroatoms. The standard InChI is InChI=1S/C15H12BrCl2NO2/c1-8-3-9(16)4-13(14(8)21-2)15(20)19-12-6-10(17)5-11(18)7-12/h3-7H,1-2H3,(H,19,20). The summed E-state index contributed by atoms with van der Waals surface area (Å²) in [5.41, 5.74) is 1.82. The van der Waals surface area contributed by atoms with Crippen molar-refractivity contribution in [2.24, 2.45) is 0 Å². The van der Waals surface area contributed by atoms with Gasteiger partial charge in [-0.25, -0.2) is 0 Å². The van der Waals surface area contributed by atoms with Gasteiger partial charge in [-0.1, -0.05) is 39.1 Å². The molecule has 0 radical (unpaired) electrons. The van der Waals surface area contributed by atoms with Gasteiger partial charge in [0.2, 0.25) is 0 Å². The summed E-state index contributed by atoms with van der Waals surface area (Å²) < 4.78 is 6.10. The Hall–Kier alpha value is -1.23. The fourth-order valence-electron chi connectivity index (χ4n) is 1.99. The maximum Gasteiger partial charge on any atom is 0.259 e. The van der Waals surface area contributed by atoms with Crippen LogP contribution in [0.4, 0.5) is 5.69 Å². The largest absolute Gasteiger partial charge is 0.496 e. The number of amides is 1. The molecule has 2 aromatic rings. The normalized spacial score (nSPS) is 10.3. The molecule has 0 bridgehead atoms. The predicted octanol–water partition coefficient (Wildman–Crippen LogP) is 5.33. The summed E-state index contributed by atoms with van der Waals surface area (Å²) in [5.74, 6) is 0.235. The van der Waals surface area contributed by atoms with Crippen LogP contribution in [0.1, 0.15) is 15.9 Å². The Bertz CT molecular complexity index is 684. The van der Waals surface area contributed by atoms with Crippen LogP contribution >= 0.6 is 39.1 Å². The summed E-state index contributed by atoms with van der Waals surface area (Å²) in [6.07, 6.45) is 0. The Morgan fingerprint density at radius 2 is 1.76 bits per heavy atom. The molecule has 0 aromatic heterocycles. The van der Waals surface area contributed by atoms with Crippen molar-refractivity contribution in [2.75, 3.05) is 12.4 Å². The van der Waals surface area contributed by atoms with Crippen LogP contribution < -0.4 is 10.1 Å². The van der Waals surface area contributed by atoms with E-state index in [1.54, 1.807) is 24.3 Å². The molecule has 0 saturated heterocycles. The smallest absolute Gasteiger partial charge is 0.259 e. The maximum absolute atomic E-state index is 12.4. The number of hydrogen-bond donors (Lipinski definition) is 1. The topological polar surface area (TPSA) is 38.3 Å². The van der Waals surface area contributed by atoms with Gasteiger partial charge < -0.3 is 10.1 Å². The Kier molecular flexibility index (Phi) is 5.14. The zero-order valence-corrected chi connectivity index (χ0v) is 14.4. The van der Waals surface area contributed by atoms with Crippen LogP contribution in [0.2, 0.25) is 10.0 Å². The molecule has 3 nitrogen and oxygen atoms in total. The highest BCUT2D eigenvalue weighted by atomic mass is 79.9. The van der Waals surface area contributed by atoms with Gasteiger partial charge >= 0.3 is 0 Å². The van der Waals surface area contributed by atoms with E-state index < -0.39 is 0 Å². The Morgan fingerprint density at radius 1 is 1.14 bits per heavy atom. The second-order valence-corrected chi connectivity index (χ2v) is 6.20. The molecular weight excluding hydrogens is 377 g/mol. The number of ether oxygens (including phenoxy) is 1. The van der Waals surface area contributed by atoms with Crippen molar-refractivity contribution >= 4 is 50.7 Å². The van der Waals surface area contributed by atoms with Crippen LogP contribution in [0.15, 0.2) is 34.8 Å². The lowest BCUT2D eigenvalue weighted by Crippen LogP contribution is -2.14. The highest BCUT2D eigenvalue weighted by molar-refractivity contribution is 9.10. The van der Waals surface area contributed by atoms with Crippen LogP contribution in [0.25, 0.3) is 0 Å². The lowest BCUT2D eigenvalue weighted by atomic mass is 10.1. The van der Waals surface area contributed by atoms with Crippen LogP contribution in [-0.4, -0.2) is 13.0 Å². The van der Waals surface area contributed by atoms with Crippen LogP contribution in [0.5, 0.6) is 5.75 Å². The molecule has 2 rings (SSSR count). The van der Waals surface area contributed by atoms with Crippen molar-refractivity contribution < 1.29 is 9.53 Å². The zero-order valence-electron chi connectivity index (χ0n) is 11.3. The van der Waals surface area contributed by atoms with Crippen molar-refractivity contribution in [3.63, 3.8) is 0 Å². The zero-order chi connectivity index (χ0) is 15.6. The van der Waals surface area contributed by atoms with Crippen molar-refractivity contribution in [2.45, 2.75) is 6.92 Å². The van der Waals surface area contributed by atoms with E-state index in [1.807, 2.05) is 13.0 Å². The number of benzene rings is 2. The highest BCUT2D eigenvalue weighted by Crippen LogP contribution is 2.29. The van der Waals surface area contributed by atoms with Gasteiger partial charge in [0.05, 0.1) is 12.7 Å². The fraction of sp³-hybridized carbons (Fsp3) is 0.133. The third-order valence-corrected chi connectivity index (χ3v) is 3.70. The lowest BCUT2D eigenvalue weighted by Gasteiger charge is -2.13. The Morgan fingerprint density at radius 3 is 2.33 bits per heavy atom. The van der Waals surface area contributed by atoms with Gasteiger partial charge in [0.1, 0.15) is 5.75 Å². The summed E-state index contributed by atoms with van der Waals surface area (Å²) in [6.45, 7) is 1.87. The van der Waals surface area contributed by atoms with Crippen molar-refractivity contribution in [3.05, 3.63) is 56.0 Å². The fourth-order valence-corrected chi connectivity index (χ4v) is 3.09. The van der Waals surface area contributed by atoms with Crippen molar-refractivity contribution in [1.82, 2.24) is 0 Å². The molecule has 0 heterocycles. The summed E-state index contributed by atoms with van der Waals surface area (Å²) in [6, 6.07) is 8.44. The number of aryl methyl sites for hydroxylation is 1. The van der Waals surface area contributed by atoms with Gasteiger partial charge in [0.15, 0.2) is 0 Å². The molecule has 0 atom stereocenters. The predicted molar refractivity (Wildman–Crippen MR) is 89.8 cm³/mol. The molecule has 1 N–H and O–H groups in total. The third-order valence-electron chi connectivity index (χ3n) is 2.81. The molecule has 0 aliphatic carbocycles. The van der Waals surface area contributed by atoms with Gasteiger partial charge in [-0.2, -0.15) is 0 Å². The van der Waals surface area contributed by atoms with E-state index in [9.17, 15) is 4.79 Å². The molecule has 1 amide bonds. The number of nitrogens with one attached hydrogen (secondary N) is 1. The average Bonchev–Trinajstić information content (AvgIpc) is 2.36. The molecule has 2 aromatic carbocycles. The van der Waals surface area contributed by atoms with Gasteiger partial charge in [0.25, 0.3) is 5.91 Å². The monoisotopic (exact) mass is 387 g/mol. The highest BCUT2D eigenvalue weighted by Gasteiger charge is 2.16. The average molecular weight is 389 g/mol. The van der Waals surface area contributed by atoms with Crippen molar-refractivity contribution in [1.29, 1.82) is 0 Å². The van der Waals surface area contributed by atoms with Crippen molar-refractivity contribution in [3.8, 4) is 5.75 Å². The van der Waals surface area contributed by atoms with E-state index in [-0.39, 0.29) is 5.91 Å². The number of rotatable bonds is 3. The molecule has 0 spiro atoms. The number of hydrogen-bond acceptors (Lipinski definition) is 2. The number of carbonyl (C=O) groups excluding carboxylic acids is 1. The number of carbonyl (C=O) groups is 1. The van der Waals surface area contributed by atoms with Gasteiger partial charge in [-0.15, -0.1) is 0 Å². The number of methoxy groups -OCH3 is 1. The van der Waals surface area contributed by atoms with Crippen LogP contribution in [0.3, 0.4) is 0 Å². The quantitative estimate of drug-likeness (QED) is 0.771. The first-order valence-corrected chi connectivity index (χ1v) is 7.57. The molecule has 0 aliphatic heterocycles. The Balaban J connectivity index is 2.36. The molecule has 110 valence electrons.